The number of fused-ring (bicyclic) bond motifs is 1. The van der Waals surface area contributed by atoms with E-state index in [1.54, 1.807) is 33.7 Å². The molecule has 3 aliphatic rings. The summed E-state index contributed by atoms with van der Waals surface area (Å²) in [5.74, 6) is -1.89. The van der Waals surface area contributed by atoms with Crippen molar-refractivity contribution in [3.8, 4) is 0 Å². The summed E-state index contributed by atoms with van der Waals surface area (Å²) in [6.45, 7) is 22.8. The Hall–Kier alpha value is -2.10. The second-order valence-electron chi connectivity index (χ2n) is 14.8. The second kappa shape index (κ2) is 13.0. The maximum atomic E-state index is 15.1. The molecule has 3 saturated heterocycles. The van der Waals surface area contributed by atoms with E-state index in [-0.39, 0.29) is 45.7 Å². The van der Waals surface area contributed by atoms with Gasteiger partial charge >= 0.3 is 0 Å². The van der Waals surface area contributed by atoms with Crippen LogP contribution in [0.4, 0.5) is 5.69 Å². The van der Waals surface area contributed by atoms with Crippen molar-refractivity contribution in [1.82, 2.24) is 9.80 Å². The summed E-state index contributed by atoms with van der Waals surface area (Å²) in [6, 6.07) is 8.09. The van der Waals surface area contributed by atoms with Crippen LogP contribution in [0, 0.1) is 23.2 Å². The van der Waals surface area contributed by atoms with E-state index in [0.717, 1.165) is 12.1 Å². The Labute approximate surface area is 276 Å². The van der Waals surface area contributed by atoms with Crippen LogP contribution in [0.15, 0.2) is 55.6 Å². The number of para-hydroxylation sites is 1. The van der Waals surface area contributed by atoms with Gasteiger partial charge in [0.1, 0.15) is 6.04 Å². The molecule has 0 aliphatic carbocycles. The number of alkyl halides is 1. The van der Waals surface area contributed by atoms with Gasteiger partial charge in [0.2, 0.25) is 17.7 Å². The zero-order valence-electron chi connectivity index (χ0n) is 27.3. The Balaban J connectivity index is 1.87. The minimum absolute atomic E-state index is 0.0498. The van der Waals surface area contributed by atoms with Crippen LogP contribution in [0.25, 0.3) is 0 Å². The highest BCUT2D eigenvalue weighted by Gasteiger charge is 2.77. The van der Waals surface area contributed by atoms with Crippen LogP contribution >= 0.6 is 27.7 Å². The first kappa shape index (κ1) is 34.8. The van der Waals surface area contributed by atoms with E-state index in [1.807, 2.05) is 49.1 Å². The lowest BCUT2D eigenvalue weighted by atomic mass is 9.70. The quantitative estimate of drug-likeness (QED) is 0.218. The number of halogens is 1. The minimum atomic E-state index is -0.823. The van der Waals surface area contributed by atoms with Gasteiger partial charge in [0.15, 0.2) is 0 Å². The molecule has 44 heavy (non-hydrogen) atoms. The first-order valence-corrected chi connectivity index (χ1v) is 17.5. The minimum Gasteiger partial charge on any atom is -0.394 e. The topological polar surface area (TPSA) is 81.2 Å². The smallest absolute Gasteiger partial charge is 0.247 e. The molecule has 9 heteroatoms. The summed E-state index contributed by atoms with van der Waals surface area (Å²) >= 11 is 5.52. The first-order chi connectivity index (χ1) is 20.6. The van der Waals surface area contributed by atoms with Gasteiger partial charge in [0.25, 0.3) is 0 Å². The number of hydrogen-bond acceptors (Lipinski definition) is 5. The molecule has 7 nitrogen and oxygen atoms in total. The summed E-state index contributed by atoms with van der Waals surface area (Å²) in [6.07, 6.45) is 4.78. The van der Waals surface area contributed by atoms with Crippen molar-refractivity contribution < 1.29 is 19.5 Å². The number of aliphatic hydroxyl groups is 1. The molecule has 3 heterocycles. The zero-order chi connectivity index (χ0) is 32.8. The molecular weight excluding hydrogens is 638 g/mol. The van der Waals surface area contributed by atoms with Crippen LogP contribution in [0.5, 0.6) is 0 Å². The molecule has 1 spiro atoms. The molecule has 3 unspecified atom stereocenters. The van der Waals surface area contributed by atoms with Crippen LogP contribution in [0.1, 0.15) is 61.3 Å². The Morgan fingerprint density at radius 3 is 2.25 bits per heavy atom. The lowest BCUT2D eigenvalue weighted by Crippen LogP contribution is -2.62. The van der Waals surface area contributed by atoms with Gasteiger partial charge in [-0.1, -0.05) is 80.9 Å². The fourth-order valence-electron chi connectivity index (χ4n) is 8.15. The number of hydrogen-bond donors (Lipinski definition) is 1. The third kappa shape index (κ3) is 6.05. The summed E-state index contributed by atoms with van der Waals surface area (Å²) in [4.78, 5) is 49.7. The van der Waals surface area contributed by atoms with Gasteiger partial charge in [0, 0.05) is 34.4 Å². The van der Waals surface area contributed by atoms with Crippen molar-refractivity contribution in [3.05, 3.63) is 55.6 Å². The van der Waals surface area contributed by atoms with Gasteiger partial charge in [-0.15, -0.1) is 24.9 Å². The van der Waals surface area contributed by atoms with Crippen molar-refractivity contribution in [2.75, 3.05) is 24.6 Å². The zero-order valence-corrected chi connectivity index (χ0v) is 29.7. The lowest BCUT2D eigenvalue weighted by Gasteiger charge is -2.47. The van der Waals surface area contributed by atoms with E-state index < -0.39 is 34.2 Å². The van der Waals surface area contributed by atoms with Crippen molar-refractivity contribution in [2.24, 2.45) is 23.2 Å². The number of nitrogens with zero attached hydrogens (tertiary/aromatic N) is 3. The van der Waals surface area contributed by atoms with Crippen LogP contribution in [0.3, 0.4) is 0 Å². The molecule has 1 N–H and O–H groups in total. The molecule has 2 bridgehead atoms. The maximum absolute atomic E-state index is 15.1. The van der Waals surface area contributed by atoms with Gasteiger partial charge in [-0.3, -0.25) is 14.4 Å². The van der Waals surface area contributed by atoms with Gasteiger partial charge in [0.05, 0.1) is 29.2 Å². The number of aliphatic hydroxyl groups excluding tert-OH is 1. The predicted molar refractivity (Wildman–Crippen MR) is 184 cm³/mol. The largest absolute Gasteiger partial charge is 0.394 e. The van der Waals surface area contributed by atoms with Gasteiger partial charge in [-0.2, -0.15) is 0 Å². The Kier molecular flexibility index (Phi) is 10.2. The number of rotatable bonds is 12. The SMILES string of the molecule is C=CCN(C(=O)[C@H]1[C@@H]2SC3(CC2Br)C(C(=O)N(CC=C)C(C)(C)CC(C)(C)C)N([C@@H](CO)C(C)C)C(=O)[C@H]13)c1ccccc1. The summed E-state index contributed by atoms with van der Waals surface area (Å²) in [5.41, 5.74) is 0.167. The molecule has 3 aliphatic heterocycles. The standard InChI is InChI=1S/C35H50BrN3O4S/c1-10-17-37(23-15-13-12-14-16-23)30(41)26-27-31(42)39(25(20-40)22(3)4)29(35(27)19-24(36)28(26)44-35)32(43)38(18-11-2)34(8,9)21-33(5,6)7/h10-16,22,24-29,40H,1-2,17-21H2,3-9H3/t24?,25-,26+,27-,28+,29?,35?/m0/s1. The monoisotopic (exact) mass is 687 g/mol. The van der Waals surface area contributed by atoms with E-state index in [0.29, 0.717) is 19.5 Å². The van der Waals surface area contributed by atoms with E-state index in [2.05, 4.69) is 63.7 Å². The summed E-state index contributed by atoms with van der Waals surface area (Å²) in [5, 5.41) is 10.5. The Bertz CT molecular complexity index is 1260. The molecule has 1 aromatic rings. The van der Waals surface area contributed by atoms with Crippen molar-refractivity contribution in [3.63, 3.8) is 0 Å². The third-order valence-electron chi connectivity index (χ3n) is 9.48. The maximum Gasteiger partial charge on any atom is 0.247 e. The van der Waals surface area contributed by atoms with Crippen LogP contribution in [-0.2, 0) is 14.4 Å². The molecule has 0 saturated carbocycles. The average molecular weight is 689 g/mol. The van der Waals surface area contributed by atoms with E-state index in [1.165, 1.54) is 0 Å². The Morgan fingerprint density at radius 2 is 1.73 bits per heavy atom. The Morgan fingerprint density at radius 1 is 1.11 bits per heavy atom. The first-order valence-electron chi connectivity index (χ1n) is 15.7. The molecule has 7 atom stereocenters. The molecule has 0 aromatic heterocycles. The molecule has 1 aromatic carbocycles. The number of amides is 3. The highest BCUT2D eigenvalue weighted by atomic mass is 79.9. The molecule has 4 rings (SSSR count). The third-order valence-corrected chi connectivity index (χ3v) is 12.7. The number of anilines is 1. The predicted octanol–water partition coefficient (Wildman–Crippen LogP) is 5.92. The normalized spacial score (nSPS) is 28.6. The second-order valence-corrected chi connectivity index (χ2v) is 17.5. The van der Waals surface area contributed by atoms with Gasteiger partial charge in [-0.25, -0.2) is 0 Å². The average Bonchev–Trinajstić information content (AvgIpc) is 3.52. The summed E-state index contributed by atoms with van der Waals surface area (Å²) in [7, 11) is 0. The van der Waals surface area contributed by atoms with E-state index in [4.69, 9.17) is 0 Å². The fourth-order valence-corrected chi connectivity index (χ4v) is 11.7. The number of benzene rings is 1. The molecular formula is C35H50BrN3O4S. The number of thioether (sulfide) groups is 1. The number of carbonyl (C=O) groups excluding carboxylic acids is 3. The van der Waals surface area contributed by atoms with Crippen LogP contribution in [-0.4, -0.2) is 84.8 Å². The molecule has 3 fully saturated rings. The van der Waals surface area contributed by atoms with Crippen molar-refractivity contribution in [2.45, 2.75) is 93.8 Å². The lowest BCUT2D eigenvalue weighted by molar-refractivity contribution is -0.150. The van der Waals surface area contributed by atoms with Crippen molar-refractivity contribution >= 4 is 51.1 Å². The van der Waals surface area contributed by atoms with Gasteiger partial charge < -0.3 is 19.8 Å². The van der Waals surface area contributed by atoms with E-state index >= 15 is 4.79 Å². The number of likely N-dealkylation sites (tertiary alicyclic amines) is 1. The van der Waals surface area contributed by atoms with Crippen LogP contribution in [0.2, 0.25) is 0 Å². The highest BCUT2D eigenvalue weighted by molar-refractivity contribution is 9.09. The summed E-state index contributed by atoms with van der Waals surface area (Å²) < 4.78 is -0.816. The fraction of sp³-hybridized carbons (Fsp3) is 0.629. The van der Waals surface area contributed by atoms with Gasteiger partial charge in [-0.05, 0) is 50.2 Å². The molecule has 3 amide bonds. The number of carbonyl (C=O) groups is 3. The van der Waals surface area contributed by atoms with Crippen molar-refractivity contribution in [1.29, 1.82) is 0 Å². The molecule has 242 valence electrons. The molecule has 0 radical (unpaired) electrons. The van der Waals surface area contributed by atoms with Crippen LogP contribution < -0.4 is 4.90 Å². The highest BCUT2D eigenvalue weighted by Crippen LogP contribution is 2.68. The van der Waals surface area contributed by atoms with E-state index in [9.17, 15) is 14.7 Å².